The Bertz CT molecular complexity index is 475. The van der Waals surface area contributed by atoms with Gasteiger partial charge in [-0.15, -0.1) is 0 Å². The lowest BCUT2D eigenvalue weighted by atomic mass is 9.63. The van der Waals surface area contributed by atoms with Crippen LogP contribution in [0.5, 0.6) is 0 Å². The van der Waals surface area contributed by atoms with Crippen LogP contribution in [0.25, 0.3) is 0 Å². The summed E-state index contributed by atoms with van der Waals surface area (Å²) in [5.41, 5.74) is -0.127. The van der Waals surface area contributed by atoms with Gasteiger partial charge in [0.25, 0.3) is 0 Å². The SMILES string of the molecule is CC(C)CC(C)(O)CNC(=O)C1(c2ccccc2)CCC1. The minimum absolute atomic E-state index is 0.0592. The largest absolute Gasteiger partial charge is 0.388 e. The summed E-state index contributed by atoms with van der Waals surface area (Å²) >= 11 is 0. The van der Waals surface area contributed by atoms with Gasteiger partial charge in [0.1, 0.15) is 0 Å². The van der Waals surface area contributed by atoms with Crippen LogP contribution in [-0.2, 0) is 10.2 Å². The van der Waals surface area contributed by atoms with Crippen LogP contribution in [0, 0.1) is 5.92 Å². The van der Waals surface area contributed by atoms with Crippen molar-refractivity contribution < 1.29 is 9.90 Å². The number of hydrogen-bond donors (Lipinski definition) is 2. The van der Waals surface area contributed by atoms with E-state index in [4.69, 9.17) is 0 Å². The van der Waals surface area contributed by atoms with Crippen molar-refractivity contribution >= 4 is 5.91 Å². The lowest BCUT2D eigenvalue weighted by molar-refractivity contribution is -0.131. The van der Waals surface area contributed by atoms with Crippen molar-refractivity contribution in [3.05, 3.63) is 35.9 Å². The Labute approximate surface area is 127 Å². The zero-order valence-corrected chi connectivity index (χ0v) is 13.4. The lowest BCUT2D eigenvalue weighted by Gasteiger charge is -2.41. The minimum Gasteiger partial charge on any atom is -0.388 e. The molecule has 2 N–H and O–H groups in total. The van der Waals surface area contributed by atoms with Crippen molar-refractivity contribution in [3.63, 3.8) is 0 Å². The van der Waals surface area contributed by atoms with Crippen LogP contribution in [0.15, 0.2) is 30.3 Å². The first-order valence-electron chi connectivity index (χ1n) is 7.92. The standard InChI is InChI=1S/C18H27NO2/c1-14(2)12-17(3,21)13-19-16(20)18(10-7-11-18)15-8-5-4-6-9-15/h4-6,8-9,14,21H,7,10-13H2,1-3H3,(H,19,20). The molecule has 1 amide bonds. The summed E-state index contributed by atoms with van der Waals surface area (Å²) in [7, 11) is 0. The maximum absolute atomic E-state index is 12.7. The van der Waals surface area contributed by atoms with Crippen LogP contribution in [0.4, 0.5) is 0 Å². The highest BCUT2D eigenvalue weighted by Gasteiger charge is 2.45. The van der Waals surface area contributed by atoms with Crippen LogP contribution >= 0.6 is 0 Å². The first-order chi connectivity index (χ1) is 9.86. The number of rotatable bonds is 6. The average molecular weight is 289 g/mol. The molecule has 1 unspecified atom stereocenters. The van der Waals surface area contributed by atoms with Crippen molar-refractivity contribution in [1.82, 2.24) is 5.32 Å². The number of carbonyl (C=O) groups is 1. The van der Waals surface area contributed by atoms with Gasteiger partial charge in [-0.1, -0.05) is 50.6 Å². The fourth-order valence-electron chi connectivity index (χ4n) is 3.33. The highest BCUT2D eigenvalue weighted by atomic mass is 16.3. The van der Waals surface area contributed by atoms with Crippen LogP contribution in [0.2, 0.25) is 0 Å². The van der Waals surface area contributed by atoms with Gasteiger partial charge in [-0.05, 0) is 37.7 Å². The maximum Gasteiger partial charge on any atom is 0.230 e. The molecule has 1 aromatic carbocycles. The third-order valence-corrected chi connectivity index (χ3v) is 4.45. The van der Waals surface area contributed by atoms with Crippen molar-refractivity contribution in [3.8, 4) is 0 Å². The quantitative estimate of drug-likeness (QED) is 0.845. The zero-order valence-electron chi connectivity index (χ0n) is 13.4. The van der Waals surface area contributed by atoms with Crippen LogP contribution in [0.3, 0.4) is 0 Å². The molecule has 0 bridgehead atoms. The molecular formula is C18H27NO2. The summed E-state index contributed by atoms with van der Waals surface area (Å²) in [5, 5.41) is 13.3. The Morgan fingerprint density at radius 3 is 2.43 bits per heavy atom. The number of aliphatic hydroxyl groups is 1. The van der Waals surface area contributed by atoms with Gasteiger partial charge in [0.05, 0.1) is 11.0 Å². The summed E-state index contributed by atoms with van der Waals surface area (Å²) in [6.45, 7) is 6.27. The van der Waals surface area contributed by atoms with Gasteiger partial charge in [-0.25, -0.2) is 0 Å². The normalized spacial score (nSPS) is 19.7. The van der Waals surface area contributed by atoms with Crippen molar-refractivity contribution in [1.29, 1.82) is 0 Å². The van der Waals surface area contributed by atoms with E-state index in [1.807, 2.05) is 30.3 Å². The van der Waals surface area contributed by atoms with E-state index in [1.165, 1.54) is 0 Å². The molecule has 0 heterocycles. The Hall–Kier alpha value is -1.35. The first-order valence-corrected chi connectivity index (χ1v) is 7.92. The molecule has 0 saturated heterocycles. The monoisotopic (exact) mass is 289 g/mol. The first kappa shape index (κ1) is 16.0. The Morgan fingerprint density at radius 2 is 1.95 bits per heavy atom. The van der Waals surface area contributed by atoms with E-state index in [2.05, 4.69) is 19.2 Å². The van der Waals surface area contributed by atoms with E-state index in [9.17, 15) is 9.90 Å². The molecule has 1 aromatic rings. The van der Waals surface area contributed by atoms with Crippen molar-refractivity contribution in [2.75, 3.05) is 6.54 Å². The molecule has 1 aliphatic rings. The van der Waals surface area contributed by atoms with Gasteiger partial charge in [-0.3, -0.25) is 4.79 Å². The topological polar surface area (TPSA) is 49.3 Å². The third kappa shape index (κ3) is 3.65. The van der Waals surface area contributed by atoms with Gasteiger partial charge < -0.3 is 10.4 Å². The Kier molecular flexibility index (Phi) is 4.72. The summed E-state index contributed by atoms with van der Waals surface area (Å²) in [6.07, 6.45) is 3.57. The van der Waals surface area contributed by atoms with E-state index < -0.39 is 5.60 Å². The molecule has 21 heavy (non-hydrogen) atoms. The lowest BCUT2D eigenvalue weighted by Crippen LogP contribution is -2.52. The molecule has 0 aliphatic heterocycles. The molecule has 3 nitrogen and oxygen atoms in total. The summed E-state index contributed by atoms with van der Waals surface area (Å²) in [4.78, 5) is 12.7. The predicted octanol–water partition coefficient (Wildman–Crippen LogP) is 3.02. The fourth-order valence-corrected chi connectivity index (χ4v) is 3.33. The average Bonchev–Trinajstić information content (AvgIpc) is 2.35. The Balaban J connectivity index is 2.02. The molecule has 0 radical (unpaired) electrons. The third-order valence-electron chi connectivity index (χ3n) is 4.45. The molecule has 1 saturated carbocycles. The number of benzene rings is 1. The van der Waals surface area contributed by atoms with Crippen LogP contribution < -0.4 is 5.32 Å². The molecule has 2 rings (SSSR count). The molecule has 1 atom stereocenters. The second kappa shape index (κ2) is 6.18. The molecule has 0 spiro atoms. The molecule has 1 fully saturated rings. The highest BCUT2D eigenvalue weighted by molar-refractivity contribution is 5.89. The number of nitrogens with one attached hydrogen (secondary N) is 1. The van der Waals surface area contributed by atoms with Gasteiger partial charge in [0, 0.05) is 6.54 Å². The van der Waals surface area contributed by atoms with E-state index in [1.54, 1.807) is 6.92 Å². The molecule has 1 aliphatic carbocycles. The fraction of sp³-hybridized carbons (Fsp3) is 0.611. The maximum atomic E-state index is 12.7. The number of hydrogen-bond acceptors (Lipinski definition) is 2. The van der Waals surface area contributed by atoms with Crippen molar-refractivity contribution in [2.24, 2.45) is 5.92 Å². The van der Waals surface area contributed by atoms with Gasteiger partial charge in [0.15, 0.2) is 0 Å². The van der Waals surface area contributed by atoms with Crippen LogP contribution in [0.1, 0.15) is 52.0 Å². The number of amides is 1. The molecule has 116 valence electrons. The van der Waals surface area contributed by atoms with Gasteiger partial charge >= 0.3 is 0 Å². The van der Waals surface area contributed by atoms with Crippen molar-refractivity contribution in [2.45, 2.75) is 57.5 Å². The van der Waals surface area contributed by atoms with E-state index >= 15 is 0 Å². The summed E-state index contributed by atoms with van der Waals surface area (Å²) < 4.78 is 0. The molecule has 3 heteroatoms. The zero-order chi connectivity index (χ0) is 15.5. The number of carbonyl (C=O) groups excluding carboxylic acids is 1. The summed E-state index contributed by atoms with van der Waals surface area (Å²) in [5.74, 6) is 0.465. The van der Waals surface area contributed by atoms with Gasteiger partial charge in [-0.2, -0.15) is 0 Å². The van der Waals surface area contributed by atoms with E-state index in [0.717, 1.165) is 24.8 Å². The highest BCUT2D eigenvalue weighted by Crippen LogP contribution is 2.43. The summed E-state index contributed by atoms with van der Waals surface area (Å²) in [6, 6.07) is 10.0. The molecular weight excluding hydrogens is 262 g/mol. The molecule has 0 aromatic heterocycles. The van der Waals surface area contributed by atoms with Crippen LogP contribution in [-0.4, -0.2) is 23.2 Å². The smallest absolute Gasteiger partial charge is 0.230 e. The Morgan fingerprint density at radius 1 is 1.33 bits per heavy atom. The van der Waals surface area contributed by atoms with Gasteiger partial charge in [0.2, 0.25) is 5.91 Å². The van der Waals surface area contributed by atoms with E-state index in [-0.39, 0.29) is 11.3 Å². The second-order valence-electron chi connectivity index (χ2n) is 7.08. The minimum atomic E-state index is -0.842. The second-order valence-corrected chi connectivity index (χ2v) is 7.08. The predicted molar refractivity (Wildman–Crippen MR) is 85.1 cm³/mol. The van der Waals surface area contributed by atoms with E-state index in [0.29, 0.717) is 18.9 Å².